The van der Waals surface area contributed by atoms with Crippen LogP contribution in [0.5, 0.6) is 17.2 Å². The Morgan fingerprint density at radius 2 is 1.64 bits per heavy atom. The minimum absolute atomic E-state index is 0.0760. The zero-order valence-electron chi connectivity index (χ0n) is 17.1. The van der Waals surface area contributed by atoms with Gasteiger partial charge in [0.25, 0.3) is 0 Å². The molecule has 6 nitrogen and oxygen atoms in total. The Balaban J connectivity index is 2.12. The molecular formula is C22H27N3O3. The molecule has 0 amide bonds. The van der Waals surface area contributed by atoms with Gasteiger partial charge in [0, 0.05) is 30.8 Å². The van der Waals surface area contributed by atoms with Gasteiger partial charge in [-0.25, -0.2) is 0 Å². The number of rotatable bonds is 7. The molecule has 0 saturated carbocycles. The number of anilines is 1. The van der Waals surface area contributed by atoms with Crippen LogP contribution in [0.3, 0.4) is 0 Å². The van der Waals surface area contributed by atoms with Crippen LogP contribution in [0.15, 0.2) is 36.4 Å². The lowest BCUT2D eigenvalue weighted by Gasteiger charge is -2.27. The largest absolute Gasteiger partial charge is 0.497 e. The minimum Gasteiger partial charge on any atom is -0.497 e. The van der Waals surface area contributed by atoms with Crippen LogP contribution in [-0.2, 0) is 0 Å². The van der Waals surface area contributed by atoms with Gasteiger partial charge in [-0.2, -0.15) is 5.26 Å². The van der Waals surface area contributed by atoms with Gasteiger partial charge in [0.1, 0.15) is 11.8 Å². The van der Waals surface area contributed by atoms with Crippen molar-refractivity contribution in [2.24, 2.45) is 0 Å². The lowest BCUT2D eigenvalue weighted by atomic mass is 9.88. The van der Waals surface area contributed by atoms with E-state index in [1.54, 1.807) is 21.3 Å². The molecule has 3 rings (SSSR count). The summed E-state index contributed by atoms with van der Waals surface area (Å²) in [7, 11) is 8.99. The van der Waals surface area contributed by atoms with Crippen LogP contribution in [0.2, 0.25) is 0 Å². The summed E-state index contributed by atoms with van der Waals surface area (Å²) in [6.07, 6.45) is 0. The lowest BCUT2D eigenvalue weighted by molar-refractivity contribution is 0.354. The van der Waals surface area contributed by atoms with Crippen LogP contribution >= 0.6 is 0 Å². The Kier molecular flexibility index (Phi) is 5.96. The summed E-state index contributed by atoms with van der Waals surface area (Å²) in [4.78, 5) is 4.29. The molecule has 2 unspecified atom stereocenters. The van der Waals surface area contributed by atoms with Gasteiger partial charge < -0.3 is 24.0 Å². The molecule has 0 saturated heterocycles. The van der Waals surface area contributed by atoms with Gasteiger partial charge in [0.2, 0.25) is 0 Å². The lowest BCUT2D eigenvalue weighted by Crippen LogP contribution is -2.38. The second-order valence-electron chi connectivity index (χ2n) is 7.09. The summed E-state index contributed by atoms with van der Waals surface area (Å²) in [5, 5.41) is 10.1. The monoisotopic (exact) mass is 381 g/mol. The predicted molar refractivity (Wildman–Crippen MR) is 110 cm³/mol. The maximum absolute atomic E-state index is 10.1. The van der Waals surface area contributed by atoms with Crippen LogP contribution in [0.1, 0.15) is 17.0 Å². The van der Waals surface area contributed by atoms with Gasteiger partial charge >= 0.3 is 0 Å². The number of likely N-dealkylation sites (N-methyl/N-ethyl adjacent to an activating group) is 1. The van der Waals surface area contributed by atoms with Crippen molar-refractivity contribution in [1.82, 2.24) is 4.90 Å². The maximum atomic E-state index is 10.1. The standard InChI is InChI=1S/C22H27N3O3/c1-24(2)10-11-25-18-13-21(28-5)20(27-4)12-17(18)22(19(25)14-23)15-6-8-16(26-3)9-7-15/h6-9,12-13,19,22H,10-11H2,1-5H3. The second kappa shape index (κ2) is 8.41. The molecule has 2 aromatic rings. The highest BCUT2D eigenvalue weighted by Gasteiger charge is 2.40. The molecule has 28 heavy (non-hydrogen) atoms. The number of hydrogen-bond acceptors (Lipinski definition) is 6. The van der Waals surface area contributed by atoms with Crippen molar-refractivity contribution >= 4 is 5.69 Å². The van der Waals surface area contributed by atoms with Crippen molar-refractivity contribution in [3.8, 4) is 23.3 Å². The number of nitrogens with zero attached hydrogens (tertiary/aromatic N) is 3. The highest BCUT2D eigenvalue weighted by Crippen LogP contribution is 2.48. The molecule has 0 bridgehead atoms. The Morgan fingerprint density at radius 1 is 1.00 bits per heavy atom. The molecule has 0 spiro atoms. The third kappa shape index (κ3) is 3.58. The van der Waals surface area contributed by atoms with E-state index in [0.717, 1.165) is 35.7 Å². The van der Waals surface area contributed by atoms with Gasteiger partial charge in [-0.3, -0.25) is 0 Å². The van der Waals surface area contributed by atoms with E-state index in [-0.39, 0.29) is 12.0 Å². The zero-order chi connectivity index (χ0) is 20.3. The molecule has 1 aliphatic rings. The van der Waals surface area contributed by atoms with Crippen LogP contribution in [0.25, 0.3) is 0 Å². The summed E-state index contributed by atoms with van der Waals surface area (Å²) < 4.78 is 16.3. The zero-order valence-corrected chi connectivity index (χ0v) is 17.1. The number of hydrogen-bond donors (Lipinski definition) is 0. The van der Waals surface area contributed by atoms with Gasteiger partial charge in [-0.05, 0) is 43.4 Å². The van der Waals surface area contributed by atoms with E-state index in [4.69, 9.17) is 14.2 Å². The van der Waals surface area contributed by atoms with E-state index in [0.29, 0.717) is 11.5 Å². The topological polar surface area (TPSA) is 58.0 Å². The van der Waals surface area contributed by atoms with Crippen molar-refractivity contribution in [2.45, 2.75) is 12.0 Å². The predicted octanol–water partition coefficient (Wildman–Crippen LogP) is 3.12. The molecule has 0 radical (unpaired) electrons. The van der Waals surface area contributed by atoms with Gasteiger partial charge in [-0.15, -0.1) is 0 Å². The first-order valence-corrected chi connectivity index (χ1v) is 9.24. The van der Waals surface area contributed by atoms with E-state index >= 15 is 0 Å². The molecule has 1 heterocycles. The van der Waals surface area contributed by atoms with Crippen molar-refractivity contribution in [1.29, 1.82) is 5.26 Å². The van der Waals surface area contributed by atoms with Crippen LogP contribution < -0.4 is 19.1 Å². The minimum atomic E-state index is -0.305. The second-order valence-corrected chi connectivity index (χ2v) is 7.09. The fourth-order valence-electron chi connectivity index (χ4n) is 3.77. The molecule has 6 heteroatoms. The molecule has 0 fully saturated rings. The quantitative estimate of drug-likeness (QED) is 0.735. The SMILES string of the molecule is COc1ccc(C2c3cc(OC)c(OC)cc3N(CCN(C)C)C2C#N)cc1. The number of benzene rings is 2. The smallest absolute Gasteiger partial charge is 0.162 e. The Bertz CT molecular complexity index is 859. The first-order chi connectivity index (χ1) is 13.5. The highest BCUT2D eigenvalue weighted by molar-refractivity contribution is 5.71. The van der Waals surface area contributed by atoms with Gasteiger partial charge in [0.05, 0.1) is 27.4 Å². The summed E-state index contributed by atoms with van der Waals surface area (Å²) in [5.41, 5.74) is 3.17. The number of fused-ring (bicyclic) bond motifs is 1. The normalized spacial score (nSPS) is 18.0. The summed E-state index contributed by atoms with van der Waals surface area (Å²) in [6, 6.07) is 14.2. The van der Waals surface area contributed by atoms with Gasteiger partial charge in [-0.1, -0.05) is 12.1 Å². The molecule has 2 atom stereocenters. The summed E-state index contributed by atoms with van der Waals surface area (Å²) >= 11 is 0. The number of methoxy groups -OCH3 is 3. The molecular weight excluding hydrogens is 354 g/mol. The van der Waals surface area contributed by atoms with Crippen LogP contribution in [-0.4, -0.2) is 59.5 Å². The fourth-order valence-corrected chi connectivity index (χ4v) is 3.77. The van der Waals surface area contributed by atoms with E-state index < -0.39 is 0 Å². The first-order valence-electron chi connectivity index (χ1n) is 9.24. The number of nitriles is 1. The summed E-state index contributed by atoms with van der Waals surface area (Å²) in [6.45, 7) is 1.60. The van der Waals surface area contributed by atoms with Crippen molar-refractivity contribution in [2.75, 3.05) is 53.4 Å². The molecule has 2 aromatic carbocycles. The third-order valence-corrected chi connectivity index (χ3v) is 5.22. The average Bonchev–Trinajstić information content (AvgIpc) is 3.03. The first kappa shape index (κ1) is 19.8. The molecule has 0 aromatic heterocycles. The van der Waals surface area contributed by atoms with Crippen molar-refractivity contribution < 1.29 is 14.2 Å². The maximum Gasteiger partial charge on any atom is 0.162 e. The van der Waals surface area contributed by atoms with Crippen molar-refractivity contribution in [3.63, 3.8) is 0 Å². The van der Waals surface area contributed by atoms with E-state index in [1.165, 1.54) is 0 Å². The molecule has 0 aliphatic carbocycles. The van der Waals surface area contributed by atoms with E-state index in [2.05, 4.69) is 15.9 Å². The molecule has 0 N–H and O–H groups in total. The third-order valence-electron chi connectivity index (χ3n) is 5.22. The number of ether oxygens (including phenoxy) is 3. The van der Waals surface area contributed by atoms with Crippen LogP contribution in [0.4, 0.5) is 5.69 Å². The van der Waals surface area contributed by atoms with Crippen molar-refractivity contribution in [3.05, 3.63) is 47.5 Å². The van der Waals surface area contributed by atoms with Crippen LogP contribution in [0, 0.1) is 11.3 Å². The molecule has 1 aliphatic heterocycles. The Labute approximate surface area is 166 Å². The Hall–Kier alpha value is -2.91. The Morgan fingerprint density at radius 3 is 2.18 bits per heavy atom. The average molecular weight is 381 g/mol. The van der Waals surface area contributed by atoms with E-state index in [1.807, 2.05) is 50.5 Å². The van der Waals surface area contributed by atoms with Gasteiger partial charge in [0.15, 0.2) is 11.5 Å². The molecule has 148 valence electrons. The van der Waals surface area contributed by atoms with E-state index in [9.17, 15) is 5.26 Å². The summed E-state index contributed by atoms with van der Waals surface area (Å²) in [5.74, 6) is 2.06. The fraction of sp³-hybridized carbons (Fsp3) is 0.409. The highest BCUT2D eigenvalue weighted by atomic mass is 16.5.